The second kappa shape index (κ2) is 6.94. The maximum Gasteiger partial charge on any atom is 0.362 e. The molecule has 4 aliphatic carbocycles. The molecule has 6 atom stereocenters. The Bertz CT molecular complexity index is 696. The van der Waals surface area contributed by atoms with Crippen molar-refractivity contribution in [3.05, 3.63) is 0 Å². The predicted molar refractivity (Wildman–Crippen MR) is 120 cm³/mol. The van der Waals surface area contributed by atoms with Gasteiger partial charge in [0.25, 0.3) is 0 Å². The summed E-state index contributed by atoms with van der Waals surface area (Å²) in [6.07, 6.45) is 7.84. The van der Waals surface area contributed by atoms with E-state index in [1.54, 1.807) is 0 Å². The highest BCUT2D eigenvalue weighted by Crippen LogP contribution is 2.67. The molecule has 0 radical (unpaired) electrons. The van der Waals surface area contributed by atoms with E-state index in [0.29, 0.717) is 39.3 Å². The zero-order valence-electron chi connectivity index (χ0n) is 20.8. The monoisotopic (exact) mass is 420 g/mol. The predicted octanol–water partition coefficient (Wildman–Crippen LogP) is 5.05. The lowest BCUT2D eigenvalue weighted by atomic mass is 9.70. The van der Waals surface area contributed by atoms with E-state index in [0.717, 1.165) is 25.5 Å². The number of rotatable bonds is 7. The Morgan fingerprint density at radius 1 is 1.00 bits per heavy atom. The minimum Gasteiger partial charge on any atom is -0.458 e. The number of hydrogen-bond acceptors (Lipinski definition) is 3. The van der Waals surface area contributed by atoms with E-state index in [-0.39, 0.29) is 17.5 Å². The Hall–Kier alpha value is -0.610. The van der Waals surface area contributed by atoms with E-state index < -0.39 is 0 Å². The van der Waals surface area contributed by atoms with E-state index in [1.165, 1.54) is 32.1 Å². The molecule has 0 aliphatic heterocycles. The van der Waals surface area contributed by atoms with Gasteiger partial charge in [-0.1, -0.05) is 41.5 Å². The molecule has 4 fully saturated rings. The van der Waals surface area contributed by atoms with Gasteiger partial charge in [0.1, 0.15) is 12.6 Å². The molecular formula is C26H46NO3+. The summed E-state index contributed by atoms with van der Waals surface area (Å²) in [5.74, 6) is 1.29. The van der Waals surface area contributed by atoms with Crippen molar-refractivity contribution in [3.63, 3.8) is 0 Å². The van der Waals surface area contributed by atoms with Crippen LogP contribution in [0.1, 0.15) is 80.1 Å². The van der Waals surface area contributed by atoms with Crippen LogP contribution in [0, 0.1) is 33.5 Å². The van der Waals surface area contributed by atoms with Crippen LogP contribution in [0.15, 0.2) is 0 Å². The molecule has 4 nitrogen and oxygen atoms in total. The first-order valence-electron chi connectivity index (χ1n) is 12.4. The van der Waals surface area contributed by atoms with E-state index in [4.69, 9.17) is 9.47 Å². The van der Waals surface area contributed by atoms with Crippen LogP contribution in [0.4, 0.5) is 0 Å². The van der Waals surface area contributed by atoms with Gasteiger partial charge in [-0.3, -0.25) is 0 Å². The molecule has 30 heavy (non-hydrogen) atoms. The summed E-state index contributed by atoms with van der Waals surface area (Å²) >= 11 is 0. The van der Waals surface area contributed by atoms with E-state index >= 15 is 0 Å². The SMILES string of the molecule is CC1(C)[C@@H]2CC[C@@]1(C)C[C@@H]2OC(=O)C[N+](C)(C)CCO[C@H]1C[C@@H]2CC[C@@]1(C)C2(C)C. The second-order valence-corrected chi connectivity index (χ2v) is 13.4. The Kier molecular flexibility index (Phi) is 5.22. The van der Waals surface area contributed by atoms with Gasteiger partial charge in [-0.2, -0.15) is 0 Å². The van der Waals surface area contributed by atoms with Gasteiger partial charge in [-0.25, -0.2) is 4.79 Å². The van der Waals surface area contributed by atoms with Crippen molar-refractivity contribution in [2.24, 2.45) is 33.5 Å². The van der Waals surface area contributed by atoms with Gasteiger partial charge in [0.2, 0.25) is 0 Å². The summed E-state index contributed by atoms with van der Waals surface area (Å²) in [6, 6.07) is 0. The molecule has 4 rings (SSSR count). The van der Waals surface area contributed by atoms with Gasteiger partial charge in [0.05, 0.1) is 26.8 Å². The molecule has 4 bridgehead atoms. The molecule has 0 saturated heterocycles. The molecule has 0 heterocycles. The van der Waals surface area contributed by atoms with E-state index in [2.05, 4.69) is 55.6 Å². The fourth-order valence-electron chi connectivity index (χ4n) is 7.79. The molecule has 0 unspecified atom stereocenters. The first-order valence-corrected chi connectivity index (χ1v) is 12.4. The number of hydrogen-bond donors (Lipinski definition) is 0. The summed E-state index contributed by atoms with van der Waals surface area (Å²) in [6.45, 7) is 16.4. The smallest absolute Gasteiger partial charge is 0.362 e. The van der Waals surface area contributed by atoms with Gasteiger partial charge in [-0.05, 0) is 66.1 Å². The normalized spacial score (nSPS) is 43.3. The summed E-state index contributed by atoms with van der Waals surface area (Å²) in [5.41, 5.74) is 1.29. The fourth-order valence-corrected chi connectivity index (χ4v) is 7.79. The minimum absolute atomic E-state index is 0.0371. The van der Waals surface area contributed by atoms with Crippen molar-refractivity contribution in [3.8, 4) is 0 Å². The maximum absolute atomic E-state index is 12.8. The van der Waals surface area contributed by atoms with Crippen LogP contribution in [-0.4, -0.2) is 56.5 Å². The molecule has 0 amide bonds. The van der Waals surface area contributed by atoms with Crippen LogP contribution in [0.5, 0.6) is 0 Å². The van der Waals surface area contributed by atoms with Gasteiger partial charge in [0.15, 0.2) is 6.54 Å². The third kappa shape index (κ3) is 3.27. The number of nitrogens with zero attached hydrogens (tertiary/aromatic N) is 1. The molecular weight excluding hydrogens is 374 g/mol. The Morgan fingerprint density at radius 3 is 2.20 bits per heavy atom. The van der Waals surface area contributed by atoms with Gasteiger partial charge < -0.3 is 14.0 Å². The van der Waals surface area contributed by atoms with Gasteiger partial charge in [-0.15, -0.1) is 0 Å². The third-order valence-corrected chi connectivity index (χ3v) is 11.2. The van der Waals surface area contributed by atoms with Crippen LogP contribution < -0.4 is 0 Å². The van der Waals surface area contributed by atoms with Gasteiger partial charge in [0, 0.05) is 5.92 Å². The van der Waals surface area contributed by atoms with Crippen LogP contribution in [0.25, 0.3) is 0 Å². The van der Waals surface area contributed by atoms with Crippen molar-refractivity contribution in [2.75, 3.05) is 33.8 Å². The van der Waals surface area contributed by atoms with E-state index in [1.807, 2.05) is 0 Å². The van der Waals surface area contributed by atoms with E-state index in [9.17, 15) is 4.79 Å². The number of fused-ring (bicyclic) bond motifs is 4. The van der Waals surface area contributed by atoms with Crippen molar-refractivity contribution in [1.82, 2.24) is 0 Å². The molecule has 4 saturated carbocycles. The minimum atomic E-state index is -0.0371. The van der Waals surface area contributed by atoms with Crippen molar-refractivity contribution in [2.45, 2.75) is 92.3 Å². The quantitative estimate of drug-likeness (QED) is 0.427. The molecule has 172 valence electrons. The number of esters is 1. The zero-order chi connectivity index (χ0) is 22.2. The number of carbonyl (C=O) groups excluding carboxylic acids is 1. The highest BCUT2D eigenvalue weighted by Gasteiger charge is 2.63. The number of ether oxygens (including phenoxy) is 2. The van der Waals surface area contributed by atoms with Crippen molar-refractivity contribution >= 4 is 5.97 Å². The maximum atomic E-state index is 12.8. The largest absolute Gasteiger partial charge is 0.458 e. The third-order valence-electron chi connectivity index (χ3n) is 11.2. The number of carbonyl (C=O) groups is 1. The lowest BCUT2D eigenvalue weighted by Crippen LogP contribution is -2.48. The highest BCUT2D eigenvalue weighted by molar-refractivity contribution is 5.71. The van der Waals surface area contributed by atoms with Gasteiger partial charge >= 0.3 is 5.97 Å². The molecule has 0 N–H and O–H groups in total. The Morgan fingerprint density at radius 2 is 1.70 bits per heavy atom. The first-order chi connectivity index (χ1) is 13.7. The fraction of sp³-hybridized carbons (Fsp3) is 0.962. The Balaban J connectivity index is 1.25. The molecule has 0 spiro atoms. The Labute approximate surface area is 184 Å². The van der Waals surface area contributed by atoms with Crippen LogP contribution in [0.2, 0.25) is 0 Å². The molecule has 4 aliphatic rings. The average Bonchev–Trinajstić information content (AvgIpc) is 3.11. The lowest BCUT2D eigenvalue weighted by Gasteiger charge is -2.39. The standard InChI is InChI=1S/C26H46NO3/c1-23(2)18-9-12-26(23,6)21(15-18)29-14-13-27(7,8)17-22(28)30-20-16-25(5)11-10-19(20)24(25,3)4/h18-21H,9-17H2,1-8H3/q+1/t18-,19+,20-,21-,25-,26+/m0/s1. The van der Waals surface area contributed by atoms with Crippen LogP contribution >= 0.6 is 0 Å². The topological polar surface area (TPSA) is 35.5 Å². The lowest BCUT2D eigenvalue weighted by molar-refractivity contribution is -0.883. The van der Waals surface area contributed by atoms with Crippen molar-refractivity contribution < 1.29 is 18.8 Å². The molecule has 0 aromatic heterocycles. The summed E-state index contributed by atoms with van der Waals surface area (Å²) in [5, 5.41) is 0. The number of likely N-dealkylation sites (N-methyl/N-ethyl adjacent to an activating group) is 1. The molecule has 4 heteroatoms. The molecule has 0 aromatic carbocycles. The zero-order valence-corrected chi connectivity index (χ0v) is 20.8. The summed E-state index contributed by atoms with van der Waals surface area (Å²) < 4.78 is 13.1. The van der Waals surface area contributed by atoms with Crippen molar-refractivity contribution in [1.29, 1.82) is 0 Å². The number of quaternary nitrogens is 1. The van der Waals surface area contributed by atoms with Crippen LogP contribution in [-0.2, 0) is 14.3 Å². The molecule has 0 aromatic rings. The second-order valence-electron chi connectivity index (χ2n) is 13.4. The summed E-state index contributed by atoms with van der Waals surface area (Å²) in [4.78, 5) is 12.8. The first kappa shape index (κ1) is 22.6. The van der Waals surface area contributed by atoms with Crippen LogP contribution in [0.3, 0.4) is 0 Å². The average molecular weight is 421 g/mol. The highest BCUT2D eigenvalue weighted by atomic mass is 16.5. The summed E-state index contributed by atoms with van der Waals surface area (Å²) in [7, 11) is 4.26.